The zero-order valence-corrected chi connectivity index (χ0v) is 11.0. The molecule has 1 aliphatic carbocycles. The van der Waals surface area contributed by atoms with Crippen LogP contribution in [0.4, 0.5) is 0 Å². The molecule has 1 saturated carbocycles. The number of halogens is 1. The lowest BCUT2D eigenvalue weighted by Gasteiger charge is -2.15. The van der Waals surface area contributed by atoms with Crippen LogP contribution in [0.5, 0.6) is 0 Å². The van der Waals surface area contributed by atoms with Crippen LogP contribution in [0, 0.1) is 5.92 Å². The van der Waals surface area contributed by atoms with E-state index in [1.807, 2.05) is 0 Å². The van der Waals surface area contributed by atoms with Gasteiger partial charge in [-0.3, -0.25) is 0 Å². The van der Waals surface area contributed by atoms with Crippen molar-refractivity contribution in [1.29, 1.82) is 0 Å². The van der Waals surface area contributed by atoms with Crippen LogP contribution in [-0.2, 0) is 17.1 Å². The fraction of sp³-hybridized carbons (Fsp3) is 0.750. The number of nitrogens with zero attached hydrogens (tertiary/aromatic N) is 3. The molecule has 1 aromatic heterocycles. The maximum atomic E-state index is 11.9. The number of hydrogen-bond donors (Lipinski definition) is 2. The second-order valence-corrected chi connectivity index (χ2v) is 5.66. The van der Waals surface area contributed by atoms with Crippen molar-refractivity contribution in [2.45, 2.75) is 23.9 Å². The van der Waals surface area contributed by atoms with Gasteiger partial charge in [0.15, 0.2) is 5.03 Å². The molecule has 1 atom stereocenters. The maximum Gasteiger partial charge on any atom is 0.259 e. The van der Waals surface area contributed by atoms with Gasteiger partial charge in [0.25, 0.3) is 10.0 Å². The number of sulfonamides is 1. The molecule has 0 aromatic carbocycles. The van der Waals surface area contributed by atoms with Crippen molar-refractivity contribution in [2.75, 3.05) is 6.54 Å². The van der Waals surface area contributed by atoms with Crippen molar-refractivity contribution in [3.63, 3.8) is 0 Å². The van der Waals surface area contributed by atoms with E-state index in [0.717, 1.165) is 12.8 Å². The van der Waals surface area contributed by atoms with Crippen LogP contribution in [0.2, 0.25) is 0 Å². The first-order valence-electron chi connectivity index (χ1n) is 5.11. The minimum atomic E-state index is -3.56. The largest absolute Gasteiger partial charge is 0.329 e. The van der Waals surface area contributed by atoms with Crippen molar-refractivity contribution >= 4 is 22.4 Å². The maximum absolute atomic E-state index is 11.9. The van der Waals surface area contributed by atoms with Gasteiger partial charge in [-0.1, -0.05) is 5.21 Å². The average Bonchev–Trinajstić information content (AvgIpc) is 2.97. The second-order valence-electron chi connectivity index (χ2n) is 4.00. The number of aryl methyl sites for hydroxylation is 1. The van der Waals surface area contributed by atoms with Crippen LogP contribution in [0.25, 0.3) is 0 Å². The molecule has 0 amide bonds. The standard InChI is InChI=1S/C8H15N5O2S.ClH/c1-13-8(5-10-12-13)16(14,15)11-7(4-9)6-2-3-6;/h5-7,11H,2-4,9H2,1H3;1H. The fourth-order valence-electron chi connectivity index (χ4n) is 1.62. The smallest absolute Gasteiger partial charge is 0.259 e. The van der Waals surface area contributed by atoms with Crippen molar-refractivity contribution in [3.8, 4) is 0 Å². The summed E-state index contributed by atoms with van der Waals surface area (Å²) in [6.07, 6.45) is 3.30. The highest BCUT2D eigenvalue weighted by Crippen LogP contribution is 2.32. The molecule has 0 bridgehead atoms. The number of rotatable bonds is 5. The molecule has 0 aliphatic heterocycles. The van der Waals surface area contributed by atoms with Gasteiger partial charge >= 0.3 is 0 Å². The van der Waals surface area contributed by atoms with Gasteiger partial charge in [0.2, 0.25) is 0 Å². The van der Waals surface area contributed by atoms with Gasteiger partial charge in [-0.25, -0.2) is 17.8 Å². The Morgan fingerprint density at radius 1 is 1.65 bits per heavy atom. The van der Waals surface area contributed by atoms with Gasteiger partial charge < -0.3 is 5.73 Å². The van der Waals surface area contributed by atoms with Crippen LogP contribution in [0.15, 0.2) is 11.2 Å². The third-order valence-electron chi connectivity index (χ3n) is 2.70. The van der Waals surface area contributed by atoms with E-state index in [1.165, 1.54) is 17.9 Å². The van der Waals surface area contributed by atoms with Crippen LogP contribution in [0.1, 0.15) is 12.8 Å². The lowest BCUT2D eigenvalue weighted by Crippen LogP contribution is -2.42. The Hall–Kier alpha value is -0.700. The summed E-state index contributed by atoms with van der Waals surface area (Å²) in [5.41, 5.74) is 5.55. The van der Waals surface area contributed by atoms with Crippen molar-refractivity contribution in [2.24, 2.45) is 18.7 Å². The average molecular weight is 282 g/mol. The summed E-state index contributed by atoms with van der Waals surface area (Å²) in [6.45, 7) is 0.315. The summed E-state index contributed by atoms with van der Waals surface area (Å²) in [5.74, 6) is 0.376. The summed E-state index contributed by atoms with van der Waals surface area (Å²) >= 11 is 0. The predicted molar refractivity (Wildman–Crippen MR) is 64.1 cm³/mol. The van der Waals surface area contributed by atoms with Crippen LogP contribution < -0.4 is 10.5 Å². The van der Waals surface area contributed by atoms with Gasteiger partial charge in [0.1, 0.15) is 0 Å². The van der Waals surface area contributed by atoms with E-state index in [1.54, 1.807) is 0 Å². The van der Waals surface area contributed by atoms with E-state index >= 15 is 0 Å². The topological polar surface area (TPSA) is 103 Å². The number of aromatic nitrogens is 3. The second kappa shape index (κ2) is 5.30. The SMILES string of the molecule is Cl.Cn1nncc1S(=O)(=O)NC(CN)C1CC1. The van der Waals surface area contributed by atoms with Crippen LogP contribution >= 0.6 is 12.4 Å². The minimum Gasteiger partial charge on any atom is -0.329 e. The van der Waals surface area contributed by atoms with Gasteiger partial charge in [-0.05, 0) is 18.8 Å². The van der Waals surface area contributed by atoms with E-state index in [-0.39, 0.29) is 23.5 Å². The first-order chi connectivity index (χ1) is 7.54. The Kier molecular flexibility index (Phi) is 4.48. The lowest BCUT2D eigenvalue weighted by molar-refractivity contribution is 0.510. The number of nitrogens with one attached hydrogen (secondary N) is 1. The van der Waals surface area contributed by atoms with E-state index in [2.05, 4.69) is 15.0 Å². The van der Waals surface area contributed by atoms with E-state index in [0.29, 0.717) is 12.5 Å². The molecule has 2 rings (SSSR count). The van der Waals surface area contributed by atoms with Gasteiger partial charge in [-0.15, -0.1) is 17.5 Å². The fourth-order valence-corrected chi connectivity index (χ4v) is 3.00. The molecule has 9 heteroatoms. The molecule has 17 heavy (non-hydrogen) atoms. The molecule has 98 valence electrons. The third kappa shape index (κ3) is 3.15. The van der Waals surface area contributed by atoms with Gasteiger partial charge in [-0.2, -0.15) is 0 Å². The van der Waals surface area contributed by atoms with Crippen molar-refractivity contribution < 1.29 is 8.42 Å². The Bertz CT molecular complexity index is 470. The first kappa shape index (κ1) is 14.4. The first-order valence-corrected chi connectivity index (χ1v) is 6.60. The molecule has 7 nitrogen and oxygen atoms in total. The predicted octanol–water partition coefficient (Wildman–Crippen LogP) is -0.747. The molecule has 1 heterocycles. The number of hydrogen-bond acceptors (Lipinski definition) is 5. The Morgan fingerprint density at radius 3 is 2.71 bits per heavy atom. The highest BCUT2D eigenvalue weighted by Gasteiger charge is 2.34. The van der Waals surface area contributed by atoms with E-state index in [9.17, 15) is 8.42 Å². The summed E-state index contributed by atoms with van der Waals surface area (Å²) in [4.78, 5) is 0. The summed E-state index contributed by atoms with van der Waals surface area (Å²) in [5, 5.41) is 7.20. The summed E-state index contributed by atoms with van der Waals surface area (Å²) < 4.78 is 27.7. The molecule has 3 N–H and O–H groups in total. The Balaban J connectivity index is 0.00000144. The number of nitrogens with two attached hydrogens (primary N) is 1. The van der Waals surface area contributed by atoms with Crippen LogP contribution in [-0.4, -0.2) is 36.0 Å². The van der Waals surface area contributed by atoms with Gasteiger partial charge in [0.05, 0.1) is 6.20 Å². The van der Waals surface area contributed by atoms with Gasteiger partial charge in [0, 0.05) is 19.6 Å². The monoisotopic (exact) mass is 281 g/mol. The normalized spacial score (nSPS) is 17.5. The zero-order chi connectivity index (χ0) is 11.8. The Morgan fingerprint density at radius 2 is 2.29 bits per heavy atom. The molecule has 0 saturated heterocycles. The zero-order valence-electron chi connectivity index (χ0n) is 9.41. The Labute approximate surface area is 106 Å². The van der Waals surface area contributed by atoms with E-state index in [4.69, 9.17) is 5.73 Å². The molecular weight excluding hydrogens is 266 g/mol. The van der Waals surface area contributed by atoms with E-state index < -0.39 is 10.0 Å². The lowest BCUT2D eigenvalue weighted by atomic mass is 10.2. The highest BCUT2D eigenvalue weighted by molar-refractivity contribution is 7.89. The highest BCUT2D eigenvalue weighted by atomic mass is 35.5. The van der Waals surface area contributed by atoms with Crippen LogP contribution in [0.3, 0.4) is 0 Å². The molecule has 1 aromatic rings. The quantitative estimate of drug-likeness (QED) is 0.739. The summed E-state index contributed by atoms with van der Waals surface area (Å²) in [6, 6.07) is -0.181. The van der Waals surface area contributed by atoms with Crippen molar-refractivity contribution in [3.05, 3.63) is 6.20 Å². The third-order valence-corrected chi connectivity index (χ3v) is 4.23. The molecule has 1 aliphatic rings. The molecule has 0 spiro atoms. The molecule has 1 fully saturated rings. The minimum absolute atomic E-state index is 0. The molecule has 0 radical (unpaired) electrons. The van der Waals surface area contributed by atoms with Crippen molar-refractivity contribution in [1.82, 2.24) is 19.7 Å². The summed E-state index contributed by atoms with van der Waals surface area (Å²) in [7, 11) is -2.02. The molecular formula is C8H16ClN5O2S. The molecule has 1 unspecified atom stereocenters.